The molecule has 1 amide bonds. The predicted molar refractivity (Wildman–Crippen MR) is 117 cm³/mol. The summed E-state index contributed by atoms with van der Waals surface area (Å²) in [6.07, 6.45) is 7.49. The number of hydrogen-bond donors (Lipinski definition) is 1. The maximum atomic E-state index is 13.7. The Morgan fingerprint density at radius 1 is 1.06 bits per heavy atom. The molecule has 7 heteroatoms. The minimum absolute atomic E-state index is 0.140. The monoisotopic (exact) mass is 423 g/mol. The van der Waals surface area contributed by atoms with Crippen LogP contribution in [0.3, 0.4) is 0 Å². The first-order valence-corrected chi connectivity index (χ1v) is 10.2. The van der Waals surface area contributed by atoms with Crippen molar-refractivity contribution in [3.63, 3.8) is 0 Å². The van der Waals surface area contributed by atoms with E-state index in [9.17, 15) is 14.4 Å². The number of carbonyl (C=O) groups is 1. The molecule has 4 aromatic rings. The number of nitriles is 1. The van der Waals surface area contributed by atoms with Gasteiger partial charge in [-0.05, 0) is 35.9 Å². The molecule has 5 rings (SSSR count). The van der Waals surface area contributed by atoms with E-state index in [4.69, 9.17) is 0 Å². The van der Waals surface area contributed by atoms with Crippen LogP contribution in [0.5, 0.6) is 0 Å². The number of benzene rings is 1. The number of fused-ring (bicyclic) bond motifs is 1. The zero-order valence-corrected chi connectivity index (χ0v) is 17.0. The van der Waals surface area contributed by atoms with Crippen LogP contribution in [0.2, 0.25) is 0 Å². The first-order chi connectivity index (χ1) is 15.7. The van der Waals surface area contributed by atoms with Crippen molar-refractivity contribution in [2.75, 3.05) is 6.54 Å². The minimum atomic E-state index is -0.454. The lowest BCUT2D eigenvalue weighted by Crippen LogP contribution is -2.32. The summed E-state index contributed by atoms with van der Waals surface area (Å²) in [4.78, 5) is 21.4. The summed E-state index contributed by atoms with van der Waals surface area (Å²) in [5.41, 5.74) is 5.80. The Labute approximate surface area is 184 Å². The lowest BCUT2D eigenvalue weighted by atomic mass is 9.96. The normalized spacial score (nSPS) is 12.7. The van der Waals surface area contributed by atoms with Crippen LogP contribution >= 0.6 is 0 Å². The highest BCUT2D eigenvalue weighted by Crippen LogP contribution is 2.40. The first-order valence-electron chi connectivity index (χ1n) is 10.2. The largest absolute Gasteiger partial charge is 0.352 e. The highest BCUT2D eigenvalue weighted by atomic mass is 19.1. The Morgan fingerprint density at radius 3 is 2.66 bits per heavy atom. The van der Waals surface area contributed by atoms with E-state index >= 15 is 0 Å². The molecule has 0 saturated carbocycles. The van der Waals surface area contributed by atoms with E-state index in [1.807, 2.05) is 24.3 Å². The van der Waals surface area contributed by atoms with Crippen LogP contribution in [-0.2, 0) is 13.0 Å². The lowest BCUT2D eigenvalue weighted by molar-refractivity contribution is 0.0946. The van der Waals surface area contributed by atoms with Gasteiger partial charge in [-0.1, -0.05) is 12.1 Å². The average Bonchev–Trinajstić information content (AvgIpc) is 3.16. The molecule has 0 atom stereocenters. The molecule has 0 bridgehead atoms. The molecular weight excluding hydrogens is 405 g/mol. The van der Waals surface area contributed by atoms with E-state index in [-0.39, 0.29) is 11.5 Å². The van der Waals surface area contributed by atoms with Crippen molar-refractivity contribution < 1.29 is 9.18 Å². The van der Waals surface area contributed by atoms with Gasteiger partial charge in [-0.15, -0.1) is 0 Å². The maximum absolute atomic E-state index is 13.7. The summed E-state index contributed by atoms with van der Waals surface area (Å²) < 4.78 is 15.8. The summed E-state index contributed by atoms with van der Waals surface area (Å²) in [5, 5.41) is 12.5. The molecule has 156 valence electrons. The molecule has 32 heavy (non-hydrogen) atoms. The molecule has 1 N–H and O–H groups in total. The number of nitrogens with zero attached hydrogens (tertiary/aromatic N) is 4. The van der Waals surface area contributed by atoms with Crippen LogP contribution in [0.15, 0.2) is 67.3 Å². The Bertz CT molecular complexity index is 1360. The van der Waals surface area contributed by atoms with E-state index in [2.05, 4.69) is 25.9 Å². The standard InChI is InChI=1S/C25H18FN5O/c26-20-4-3-18(19(12-20)13-27)15-31-21-7-11-30-25(32)23(21)22(17-2-1-8-29-14-17)24(31)16-5-9-28-10-6-16/h1-6,8-10,12,14H,7,11,15H2,(H,30,32). The molecule has 1 aliphatic heterocycles. The average molecular weight is 423 g/mol. The van der Waals surface area contributed by atoms with Gasteiger partial charge >= 0.3 is 0 Å². The van der Waals surface area contributed by atoms with Crippen molar-refractivity contribution in [2.24, 2.45) is 0 Å². The number of hydrogen-bond acceptors (Lipinski definition) is 4. The molecule has 4 heterocycles. The van der Waals surface area contributed by atoms with Crippen LogP contribution in [0.4, 0.5) is 4.39 Å². The summed E-state index contributed by atoms with van der Waals surface area (Å²) in [7, 11) is 0. The van der Waals surface area contributed by atoms with Crippen LogP contribution in [-0.4, -0.2) is 27.0 Å². The predicted octanol–water partition coefficient (Wildman–Crippen LogP) is 3.96. The zero-order chi connectivity index (χ0) is 22.1. The van der Waals surface area contributed by atoms with Crippen molar-refractivity contribution in [3.05, 3.63) is 95.5 Å². The van der Waals surface area contributed by atoms with Crippen molar-refractivity contribution in [3.8, 4) is 28.5 Å². The van der Waals surface area contributed by atoms with Crippen molar-refractivity contribution in [1.29, 1.82) is 5.26 Å². The van der Waals surface area contributed by atoms with E-state index in [1.54, 1.807) is 30.9 Å². The van der Waals surface area contributed by atoms with Crippen molar-refractivity contribution in [1.82, 2.24) is 19.9 Å². The molecule has 0 radical (unpaired) electrons. The number of carbonyl (C=O) groups excluding carboxylic acids is 1. The van der Waals surface area contributed by atoms with Gasteiger partial charge in [0.15, 0.2) is 0 Å². The molecule has 0 aliphatic carbocycles. The van der Waals surface area contributed by atoms with Gasteiger partial charge in [0.25, 0.3) is 5.91 Å². The van der Waals surface area contributed by atoms with Gasteiger partial charge in [-0.3, -0.25) is 14.8 Å². The van der Waals surface area contributed by atoms with E-state index in [0.29, 0.717) is 30.6 Å². The summed E-state index contributed by atoms with van der Waals surface area (Å²) in [6.45, 7) is 0.851. The van der Waals surface area contributed by atoms with Gasteiger partial charge in [0.05, 0.1) is 22.9 Å². The van der Waals surface area contributed by atoms with Crippen molar-refractivity contribution >= 4 is 5.91 Å². The quantitative estimate of drug-likeness (QED) is 0.539. The fourth-order valence-corrected chi connectivity index (χ4v) is 4.29. The fraction of sp³-hybridized carbons (Fsp3) is 0.120. The van der Waals surface area contributed by atoms with Crippen LogP contribution in [0.25, 0.3) is 22.4 Å². The highest BCUT2D eigenvalue weighted by molar-refractivity contribution is 6.07. The van der Waals surface area contributed by atoms with Gasteiger partial charge in [0.1, 0.15) is 5.82 Å². The molecule has 0 unspecified atom stereocenters. The van der Waals surface area contributed by atoms with Gasteiger partial charge in [0, 0.05) is 66.7 Å². The molecular formula is C25H18FN5O. The second-order valence-corrected chi connectivity index (χ2v) is 7.53. The Balaban J connectivity index is 1.82. The number of amides is 1. The Morgan fingerprint density at radius 2 is 1.91 bits per heavy atom. The number of pyridine rings is 2. The third-order valence-corrected chi connectivity index (χ3v) is 5.67. The van der Waals surface area contributed by atoms with Crippen LogP contribution in [0.1, 0.15) is 27.2 Å². The summed E-state index contributed by atoms with van der Waals surface area (Å²) in [6, 6.07) is 13.9. The maximum Gasteiger partial charge on any atom is 0.253 e. The summed E-state index contributed by atoms with van der Waals surface area (Å²) >= 11 is 0. The SMILES string of the molecule is N#Cc1cc(F)ccc1Cn1c2c(c(-c3cccnc3)c1-c1ccncc1)C(=O)NCC2. The molecule has 1 aliphatic rings. The second kappa shape index (κ2) is 8.08. The van der Waals surface area contributed by atoms with Crippen LogP contribution < -0.4 is 5.32 Å². The van der Waals surface area contributed by atoms with Gasteiger partial charge in [0.2, 0.25) is 0 Å². The van der Waals surface area contributed by atoms with Gasteiger partial charge in [-0.25, -0.2) is 4.39 Å². The molecule has 0 saturated heterocycles. The number of aromatic nitrogens is 3. The molecule has 6 nitrogen and oxygen atoms in total. The Hall–Kier alpha value is -4.31. The second-order valence-electron chi connectivity index (χ2n) is 7.53. The number of rotatable bonds is 4. The topological polar surface area (TPSA) is 83.6 Å². The number of nitrogens with one attached hydrogen (secondary N) is 1. The molecule has 0 spiro atoms. The fourth-order valence-electron chi connectivity index (χ4n) is 4.29. The highest BCUT2D eigenvalue weighted by Gasteiger charge is 2.31. The van der Waals surface area contributed by atoms with E-state index in [1.165, 1.54) is 12.1 Å². The molecule has 3 aromatic heterocycles. The lowest BCUT2D eigenvalue weighted by Gasteiger charge is -2.18. The zero-order valence-electron chi connectivity index (χ0n) is 17.0. The van der Waals surface area contributed by atoms with Gasteiger partial charge < -0.3 is 9.88 Å². The first kappa shape index (κ1) is 19.6. The number of halogens is 1. The molecule has 0 fully saturated rings. The van der Waals surface area contributed by atoms with E-state index < -0.39 is 5.82 Å². The van der Waals surface area contributed by atoms with E-state index in [0.717, 1.165) is 28.1 Å². The molecule has 1 aromatic carbocycles. The van der Waals surface area contributed by atoms with Crippen molar-refractivity contribution in [2.45, 2.75) is 13.0 Å². The van der Waals surface area contributed by atoms with Gasteiger partial charge in [-0.2, -0.15) is 5.26 Å². The van der Waals surface area contributed by atoms with Crippen LogP contribution in [0, 0.1) is 17.1 Å². The minimum Gasteiger partial charge on any atom is -0.352 e. The smallest absolute Gasteiger partial charge is 0.253 e. The Kier molecular flexibility index (Phi) is 4.96. The summed E-state index contributed by atoms with van der Waals surface area (Å²) in [5.74, 6) is -0.594. The third-order valence-electron chi connectivity index (χ3n) is 5.67. The third kappa shape index (κ3) is 3.32.